The number of hydrogen-bond donors (Lipinski definition) is 1. The van der Waals surface area contributed by atoms with Gasteiger partial charge in [-0.15, -0.1) is 6.42 Å². The van der Waals surface area contributed by atoms with Crippen molar-refractivity contribution in [2.75, 3.05) is 11.3 Å². The number of nitrogens with zero attached hydrogens (tertiary/aromatic N) is 2. The number of aryl methyl sites for hydroxylation is 1. The minimum atomic E-state index is -3.90. The largest absolute Gasteiger partial charge is 0.492 e. The summed E-state index contributed by atoms with van der Waals surface area (Å²) in [5.74, 6) is 2.66. The molecule has 0 saturated heterocycles. The van der Waals surface area contributed by atoms with E-state index in [4.69, 9.17) is 11.2 Å². The van der Waals surface area contributed by atoms with Crippen molar-refractivity contribution in [3.05, 3.63) is 82.7 Å². The van der Waals surface area contributed by atoms with Gasteiger partial charge in [-0.3, -0.25) is 9.52 Å². The Morgan fingerprint density at radius 2 is 1.86 bits per heavy atom. The number of sulfonamides is 1. The van der Waals surface area contributed by atoms with Crippen molar-refractivity contribution in [2.24, 2.45) is 4.99 Å². The molecule has 178 valence electrons. The van der Waals surface area contributed by atoms with Crippen LogP contribution in [0.1, 0.15) is 22.8 Å². The maximum atomic E-state index is 13.3. The Morgan fingerprint density at radius 1 is 1.11 bits per heavy atom. The lowest BCUT2D eigenvalue weighted by Gasteiger charge is -2.11. The number of amides is 1. The van der Waals surface area contributed by atoms with Crippen LogP contribution in [0, 0.1) is 19.3 Å². The second kappa shape index (κ2) is 10.2. The number of fused-ring (bicyclic) bond motifs is 1. The van der Waals surface area contributed by atoms with Crippen LogP contribution in [0.2, 0.25) is 0 Å². The van der Waals surface area contributed by atoms with Crippen molar-refractivity contribution in [3.8, 4) is 18.1 Å². The first-order valence-electron chi connectivity index (χ1n) is 10.8. The zero-order valence-corrected chi connectivity index (χ0v) is 20.8. The van der Waals surface area contributed by atoms with Crippen LogP contribution in [0.5, 0.6) is 5.75 Å². The van der Waals surface area contributed by atoms with Crippen LogP contribution in [0.25, 0.3) is 10.2 Å². The lowest BCUT2D eigenvalue weighted by atomic mass is 10.2. The molecule has 0 atom stereocenters. The van der Waals surface area contributed by atoms with E-state index in [0.29, 0.717) is 17.2 Å². The third-order valence-corrected chi connectivity index (χ3v) is 7.57. The lowest BCUT2D eigenvalue weighted by Crippen LogP contribution is -2.18. The fourth-order valence-corrected chi connectivity index (χ4v) is 5.64. The zero-order chi connectivity index (χ0) is 25.0. The van der Waals surface area contributed by atoms with E-state index in [9.17, 15) is 13.2 Å². The fraction of sp³-hybridized carbons (Fsp3) is 0.154. The van der Waals surface area contributed by atoms with Gasteiger partial charge < -0.3 is 9.30 Å². The molecule has 7 nitrogen and oxygen atoms in total. The molecule has 4 rings (SSSR count). The molecule has 1 amide bonds. The van der Waals surface area contributed by atoms with Crippen LogP contribution in [0.15, 0.2) is 76.6 Å². The summed E-state index contributed by atoms with van der Waals surface area (Å²) < 4.78 is 36.7. The molecule has 0 unspecified atom stereocenters. The summed E-state index contributed by atoms with van der Waals surface area (Å²) in [6.45, 7) is 4.43. The lowest BCUT2D eigenvalue weighted by molar-refractivity contribution is 0.0998. The molecule has 0 aliphatic heterocycles. The van der Waals surface area contributed by atoms with Crippen molar-refractivity contribution >= 4 is 43.2 Å². The Balaban J connectivity index is 1.77. The molecule has 0 aliphatic carbocycles. The molecular formula is C26H23N3O4S2. The maximum Gasteiger partial charge on any atom is 0.281 e. The van der Waals surface area contributed by atoms with E-state index >= 15 is 0 Å². The van der Waals surface area contributed by atoms with Gasteiger partial charge in [-0.2, -0.15) is 4.99 Å². The molecule has 0 radical (unpaired) electrons. The molecule has 9 heteroatoms. The Kier molecular flexibility index (Phi) is 7.05. The molecule has 0 aliphatic rings. The number of para-hydroxylation sites is 2. The number of ether oxygens (including phenoxy) is 1. The molecular weight excluding hydrogens is 482 g/mol. The second-order valence-corrected chi connectivity index (χ2v) is 10.3. The minimum Gasteiger partial charge on any atom is -0.492 e. The topological polar surface area (TPSA) is 89.8 Å². The number of rotatable bonds is 7. The third kappa shape index (κ3) is 5.14. The summed E-state index contributed by atoms with van der Waals surface area (Å²) in [7, 11) is -3.90. The summed E-state index contributed by atoms with van der Waals surface area (Å²) in [6.07, 6.45) is 5.59. The summed E-state index contributed by atoms with van der Waals surface area (Å²) in [5, 5.41) is 0. The van der Waals surface area contributed by atoms with E-state index in [0.717, 1.165) is 15.8 Å². The molecule has 1 N–H and O–H groups in total. The van der Waals surface area contributed by atoms with E-state index < -0.39 is 15.9 Å². The molecule has 35 heavy (non-hydrogen) atoms. The van der Waals surface area contributed by atoms with Gasteiger partial charge in [0.2, 0.25) is 0 Å². The van der Waals surface area contributed by atoms with Gasteiger partial charge in [0.1, 0.15) is 11.3 Å². The number of thiazole rings is 1. The van der Waals surface area contributed by atoms with Gasteiger partial charge in [-0.1, -0.05) is 53.2 Å². The van der Waals surface area contributed by atoms with Gasteiger partial charge in [0.15, 0.2) is 4.80 Å². The van der Waals surface area contributed by atoms with Gasteiger partial charge in [0.25, 0.3) is 15.9 Å². The Hall–Kier alpha value is -3.87. The number of anilines is 1. The van der Waals surface area contributed by atoms with Crippen LogP contribution in [-0.2, 0) is 16.6 Å². The number of terminal acetylenes is 1. The van der Waals surface area contributed by atoms with Gasteiger partial charge >= 0.3 is 0 Å². The first-order valence-corrected chi connectivity index (χ1v) is 13.1. The number of carbonyl (C=O) groups excluding carboxylic acids is 1. The van der Waals surface area contributed by atoms with Crippen LogP contribution in [-0.4, -0.2) is 25.5 Å². The van der Waals surface area contributed by atoms with Crippen molar-refractivity contribution in [2.45, 2.75) is 25.3 Å². The summed E-state index contributed by atoms with van der Waals surface area (Å²) >= 11 is 1.31. The highest BCUT2D eigenvalue weighted by Crippen LogP contribution is 2.28. The van der Waals surface area contributed by atoms with Crippen LogP contribution < -0.4 is 14.3 Å². The van der Waals surface area contributed by atoms with Gasteiger partial charge in [-0.05, 0) is 50.2 Å². The first-order chi connectivity index (χ1) is 16.8. The number of aromatic nitrogens is 1. The van der Waals surface area contributed by atoms with Gasteiger partial charge in [-0.25, -0.2) is 8.42 Å². The summed E-state index contributed by atoms with van der Waals surface area (Å²) in [4.78, 5) is 18.1. The van der Waals surface area contributed by atoms with E-state index in [2.05, 4.69) is 15.6 Å². The quantitative estimate of drug-likeness (QED) is 0.372. The van der Waals surface area contributed by atoms with Gasteiger partial charge in [0, 0.05) is 0 Å². The smallest absolute Gasteiger partial charge is 0.281 e. The monoisotopic (exact) mass is 505 g/mol. The summed E-state index contributed by atoms with van der Waals surface area (Å²) in [5.41, 5.74) is 1.96. The highest BCUT2D eigenvalue weighted by Gasteiger charge is 2.19. The van der Waals surface area contributed by atoms with E-state index in [1.54, 1.807) is 28.8 Å². The molecule has 4 aromatic rings. The molecule has 0 spiro atoms. The van der Waals surface area contributed by atoms with Crippen molar-refractivity contribution < 1.29 is 17.9 Å². The van der Waals surface area contributed by atoms with Crippen LogP contribution >= 0.6 is 11.3 Å². The Morgan fingerprint density at radius 3 is 2.57 bits per heavy atom. The fourth-order valence-electron chi connectivity index (χ4n) is 3.52. The summed E-state index contributed by atoms with van der Waals surface area (Å²) in [6, 6.07) is 18.4. The Labute approximate surface area is 207 Å². The minimum absolute atomic E-state index is 0.0992. The number of carbonyl (C=O) groups is 1. The van der Waals surface area contributed by atoms with Crippen molar-refractivity contribution in [3.63, 3.8) is 0 Å². The van der Waals surface area contributed by atoms with E-state index in [1.165, 1.54) is 35.6 Å². The molecule has 0 bridgehead atoms. The number of nitrogens with one attached hydrogen (secondary N) is 1. The Bertz CT molecular complexity index is 1610. The SMILES string of the molecule is C#CCn1c(=NC(=O)c2ccccc2NS(=O)(=O)c2ccc(C)cc2)sc2cccc(OCC)c21. The van der Waals surface area contributed by atoms with E-state index in [1.807, 2.05) is 32.0 Å². The average Bonchev–Trinajstić information content (AvgIpc) is 3.17. The third-order valence-electron chi connectivity index (χ3n) is 5.14. The van der Waals surface area contributed by atoms with Crippen LogP contribution in [0.4, 0.5) is 5.69 Å². The standard InChI is InChI=1S/C26H23N3O4S2/c1-4-17-29-24-22(33-5-2)11-8-12-23(24)34-26(29)27-25(30)20-9-6-7-10-21(20)28-35(31,32)19-15-13-18(3)14-16-19/h1,6-16,28H,5,17H2,2-3H3. The normalized spacial score (nSPS) is 11.9. The zero-order valence-electron chi connectivity index (χ0n) is 19.2. The van der Waals surface area contributed by atoms with E-state index in [-0.39, 0.29) is 22.7 Å². The molecule has 0 fully saturated rings. The molecule has 3 aromatic carbocycles. The maximum absolute atomic E-state index is 13.3. The number of hydrogen-bond acceptors (Lipinski definition) is 5. The van der Waals surface area contributed by atoms with Crippen molar-refractivity contribution in [1.29, 1.82) is 0 Å². The second-order valence-electron chi connectivity index (χ2n) is 7.59. The molecule has 1 aromatic heterocycles. The average molecular weight is 506 g/mol. The molecule has 1 heterocycles. The highest BCUT2D eigenvalue weighted by molar-refractivity contribution is 7.92. The number of benzene rings is 3. The molecule has 0 saturated carbocycles. The van der Waals surface area contributed by atoms with Crippen LogP contribution in [0.3, 0.4) is 0 Å². The predicted octanol–water partition coefficient (Wildman–Crippen LogP) is 4.59. The first kappa shape index (κ1) is 24.3. The van der Waals surface area contributed by atoms with Crippen molar-refractivity contribution in [1.82, 2.24) is 4.57 Å². The predicted molar refractivity (Wildman–Crippen MR) is 138 cm³/mol. The van der Waals surface area contributed by atoms with Gasteiger partial charge in [0.05, 0.1) is 34.0 Å². The highest BCUT2D eigenvalue weighted by atomic mass is 32.2.